The Morgan fingerprint density at radius 3 is 3.11 bits per heavy atom. The van der Waals surface area contributed by atoms with Crippen LogP contribution in [0.5, 0.6) is 0 Å². The van der Waals surface area contributed by atoms with Crippen molar-refractivity contribution in [2.24, 2.45) is 0 Å². The van der Waals surface area contributed by atoms with Crippen LogP contribution in [-0.2, 0) is 0 Å². The van der Waals surface area contributed by atoms with Crippen LogP contribution in [0.3, 0.4) is 0 Å². The number of anilines is 1. The summed E-state index contributed by atoms with van der Waals surface area (Å²) in [7, 11) is 0. The van der Waals surface area contributed by atoms with Crippen molar-refractivity contribution in [1.29, 1.82) is 0 Å². The number of nitrogens with one attached hydrogen (secondary N) is 2. The van der Waals surface area contributed by atoms with Gasteiger partial charge in [-0.3, -0.25) is 0 Å². The van der Waals surface area contributed by atoms with Gasteiger partial charge in [-0.25, -0.2) is 14.3 Å². The van der Waals surface area contributed by atoms with E-state index in [1.54, 1.807) is 4.52 Å². The lowest BCUT2D eigenvalue weighted by Crippen LogP contribution is -2.29. The third kappa shape index (κ3) is 2.52. The molecule has 0 unspecified atom stereocenters. The molecule has 0 saturated heterocycles. The summed E-state index contributed by atoms with van der Waals surface area (Å²) in [6.45, 7) is 2.68. The van der Waals surface area contributed by atoms with Crippen LogP contribution >= 0.6 is 0 Å². The molecule has 0 spiro atoms. The fourth-order valence-corrected chi connectivity index (χ4v) is 1.94. The highest BCUT2D eigenvalue weighted by molar-refractivity contribution is 5.92. The van der Waals surface area contributed by atoms with Gasteiger partial charge in [-0.05, 0) is 31.4 Å². The smallest absolute Gasteiger partial charge is 0.319 e. The Morgan fingerprint density at radius 1 is 1.53 bits per heavy atom. The van der Waals surface area contributed by atoms with Crippen molar-refractivity contribution in [2.45, 2.75) is 32.1 Å². The molecular formula is C13H17N5O. The second kappa shape index (κ2) is 4.87. The van der Waals surface area contributed by atoms with Gasteiger partial charge in [0, 0.05) is 18.7 Å². The molecule has 2 aromatic heterocycles. The third-order valence-electron chi connectivity index (χ3n) is 3.10. The minimum Gasteiger partial charge on any atom is -0.338 e. The van der Waals surface area contributed by atoms with Crippen LogP contribution in [0, 0.1) is 0 Å². The molecule has 1 aliphatic rings. The second-order valence-corrected chi connectivity index (χ2v) is 4.82. The van der Waals surface area contributed by atoms with E-state index in [9.17, 15) is 4.79 Å². The van der Waals surface area contributed by atoms with E-state index in [2.05, 4.69) is 20.7 Å². The van der Waals surface area contributed by atoms with Crippen LogP contribution in [0.1, 0.15) is 37.9 Å². The van der Waals surface area contributed by atoms with Gasteiger partial charge in [0.05, 0.1) is 5.69 Å². The van der Waals surface area contributed by atoms with Gasteiger partial charge in [-0.1, -0.05) is 6.92 Å². The number of amides is 2. The first-order valence-corrected chi connectivity index (χ1v) is 6.68. The van der Waals surface area contributed by atoms with E-state index in [4.69, 9.17) is 0 Å². The fourth-order valence-electron chi connectivity index (χ4n) is 1.94. The molecule has 3 rings (SSSR count). The van der Waals surface area contributed by atoms with Crippen LogP contribution in [0.15, 0.2) is 18.3 Å². The molecule has 0 bridgehead atoms. The van der Waals surface area contributed by atoms with E-state index < -0.39 is 0 Å². The number of aromatic nitrogens is 3. The number of pyridine rings is 1. The number of hydrogen-bond donors (Lipinski definition) is 2. The number of hydrogen-bond acceptors (Lipinski definition) is 3. The standard InChI is InChI=1S/C13H17N5O/c1-2-7-14-13(19)15-10-4-3-8-18-12(10)16-11(17-18)9-5-6-9/h3-4,8-9H,2,5-7H2,1H3,(H2,14,15,19). The molecule has 0 aromatic carbocycles. The maximum Gasteiger partial charge on any atom is 0.319 e. The summed E-state index contributed by atoms with van der Waals surface area (Å²) in [5.41, 5.74) is 1.39. The summed E-state index contributed by atoms with van der Waals surface area (Å²) in [5.74, 6) is 1.38. The van der Waals surface area contributed by atoms with E-state index >= 15 is 0 Å². The molecule has 19 heavy (non-hydrogen) atoms. The molecule has 0 aliphatic heterocycles. The molecule has 0 radical (unpaired) electrons. The average molecular weight is 259 g/mol. The molecule has 2 N–H and O–H groups in total. The van der Waals surface area contributed by atoms with E-state index in [1.165, 1.54) is 0 Å². The summed E-state index contributed by atoms with van der Waals surface area (Å²) in [6, 6.07) is 3.49. The zero-order valence-corrected chi connectivity index (χ0v) is 10.9. The fraction of sp³-hybridized carbons (Fsp3) is 0.462. The highest BCUT2D eigenvalue weighted by atomic mass is 16.2. The summed E-state index contributed by atoms with van der Waals surface area (Å²) in [5, 5.41) is 10.0. The zero-order chi connectivity index (χ0) is 13.2. The van der Waals surface area contributed by atoms with E-state index in [0.29, 0.717) is 23.8 Å². The van der Waals surface area contributed by atoms with Crippen LogP contribution < -0.4 is 10.6 Å². The van der Waals surface area contributed by atoms with Crippen molar-refractivity contribution in [2.75, 3.05) is 11.9 Å². The summed E-state index contributed by atoms with van der Waals surface area (Å²) < 4.78 is 1.73. The van der Waals surface area contributed by atoms with Crippen molar-refractivity contribution < 1.29 is 4.79 Å². The number of carbonyl (C=O) groups excluding carboxylic acids is 1. The quantitative estimate of drug-likeness (QED) is 0.883. The number of fused-ring (bicyclic) bond motifs is 1. The van der Waals surface area contributed by atoms with E-state index in [-0.39, 0.29) is 6.03 Å². The van der Waals surface area contributed by atoms with Crippen LogP contribution in [0.4, 0.5) is 10.5 Å². The van der Waals surface area contributed by atoms with E-state index in [0.717, 1.165) is 25.1 Å². The van der Waals surface area contributed by atoms with Crippen molar-refractivity contribution >= 4 is 17.4 Å². The molecule has 0 atom stereocenters. The molecule has 2 amide bonds. The number of rotatable bonds is 4. The predicted molar refractivity (Wildman–Crippen MR) is 72.3 cm³/mol. The number of urea groups is 1. The first-order chi connectivity index (χ1) is 9.28. The van der Waals surface area contributed by atoms with Crippen molar-refractivity contribution in [3.8, 4) is 0 Å². The Bertz CT molecular complexity index is 602. The van der Waals surface area contributed by atoms with Crippen molar-refractivity contribution in [1.82, 2.24) is 19.9 Å². The summed E-state index contributed by atoms with van der Waals surface area (Å²) >= 11 is 0. The lowest BCUT2D eigenvalue weighted by molar-refractivity contribution is 0.252. The minimum absolute atomic E-state index is 0.203. The zero-order valence-electron chi connectivity index (χ0n) is 10.9. The normalized spacial score (nSPS) is 14.6. The van der Waals surface area contributed by atoms with Crippen LogP contribution in [0.25, 0.3) is 5.65 Å². The topological polar surface area (TPSA) is 71.3 Å². The van der Waals surface area contributed by atoms with Gasteiger partial charge >= 0.3 is 6.03 Å². The Hall–Kier alpha value is -2.11. The highest BCUT2D eigenvalue weighted by Crippen LogP contribution is 2.38. The van der Waals surface area contributed by atoms with Crippen LogP contribution in [0.2, 0.25) is 0 Å². The summed E-state index contributed by atoms with van der Waals surface area (Å²) in [4.78, 5) is 16.2. The van der Waals surface area contributed by atoms with Gasteiger partial charge in [0.25, 0.3) is 0 Å². The lowest BCUT2D eigenvalue weighted by atomic mass is 10.4. The SMILES string of the molecule is CCCNC(=O)Nc1cccn2nc(C3CC3)nc12. The highest BCUT2D eigenvalue weighted by Gasteiger charge is 2.28. The first-order valence-electron chi connectivity index (χ1n) is 6.68. The Labute approximate surface area is 111 Å². The molecule has 2 heterocycles. The first kappa shape index (κ1) is 12.0. The monoisotopic (exact) mass is 259 g/mol. The van der Waals surface area contributed by atoms with Gasteiger partial charge in [0.2, 0.25) is 0 Å². The van der Waals surface area contributed by atoms with Gasteiger partial charge in [-0.15, -0.1) is 0 Å². The molecule has 2 aromatic rings. The van der Waals surface area contributed by atoms with E-state index in [1.807, 2.05) is 25.3 Å². The minimum atomic E-state index is -0.203. The molecular weight excluding hydrogens is 242 g/mol. The predicted octanol–water partition coefficient (Wildman–Crippen LogP) is 2.14. The molecule has 6 heteroatoms. The van der Waals surface area contributed by atoms with Gasteiger partial charge in [0.1, 0.15) is 0 Å². The van der Waals surface area contributed by atoms with Gasteiger partial charge in [-0.2, -0.15) is 5.10 Å². The molecule has 1 saturated carbocycles. The van der Waals surface area contributed by atoms with Crippen LogP contribution in [-0.4, -0.2) is 27.2 Å². The maximum absolute atomic E-state index is 11.7. The molecule has 100 valence electrons. The largest absolute Gasteiger partial charge is 0.338 e. The number of carbonyl (C=O) groups is 1. The average Bonchev–Trinajstić information content (AvgIpc) is 3.16. The van der Waals surface area contributed by atoms with Crippen molar-refractivity contribution in [3.63, 3.8) is 0 Å². The summed E-state index contributed by atoms with van der Waals surface area (Å²) in [6.07, 6.45) is 5.09. The second-order valence-electron chi connectivity index (χ2n) is 4.82. The van der Waals surface area contributed by atoms with Gasteiger partial charge < -0.3 is 10.6 Å². The Balaban J connectivity index is 1.83. The number of nitrogens with zero attached hydrogens (tertiary/aromatic N) is 3. The third-order valence-corrected chi connectivity index (χ3v) is 3.10. The van der Waals surface area contributed by atoms with Gasteiger partial charge in [0.15, 0.2) is 11.5 Å². The molecule has 6 nitrogen and oxygen atoms in total. The molecule has 1 aliphatic carbocycles. The Morgan fingerprint density at radius 2 is 2.37 bits per heavy atom. The lowest BCUT2D eigenvalue weighted by Gasteiger charge is -2.06. The maximum atomic E-state index is 11.7. The van der Waals surface area contributed by atoms with Crippen molar-refractivity contribution in [3.05, 3.63) is 24.2 Å². The Kier molecular flexibility index (Phi) is 3.06. The molecule has 1 fully saturated rings.